The van der Waals surface area contributed by atoms with Gasteiger partial charge in [-0.3, -0.25) is 4.79 Å². The predicted molar refractivity (Wildman–Crippen MR) is 104 cm³/mol. The van der Waals surface area contributed by atoms with Gasteiger partial charge in [-0.25, -0.2) is 8.42 Å². The van der Waals surface area contributed by atoms with Gasteiger partial charge in [-0.1, -0.05) is 6.07 Å². The van der Waals surface area contributed by atoms with Gasteiger partial charge in [0.15, 0.2) is 6.61 Å². The highest BCUT2D eigenvalue weighted by Crippen LogP contribution is 2.23. The van der Waals surface area contributed by atoms with E-state index in [1.165, 1.54) is 16.4 Å². The van der Waals surface area contributed by atoms with E-state index in [1.807, 2.05) is 32.0 Å². The molecule has 1 heterocycles. The normalized spacial score (nSPS) is 14.9. The first-order valence-corrected chi connectivity index (χ1v) is 10.4. The second-order valence-electron chi connectivity index (χ2n) is 6.80. The van der Waals surface area contributed by atoms with E-state index >= 15 is 0 Å². The lowest BCUT2D eigenvalue weighted by molar-refractivity contribution is -0.118. The van der Waals surface area contributed by atoms with Crippen molar-refractivity contribution in [1.82, 2.24) is 4.31 Å². The lowest BCUT2D eigenvalue weighted by atomic mass is 10.1. The maximum Gasteiger partial charge on any atom is 0.262 e. The van der Waals surface area contributed by atoms with Crippen LogP contribution in [-0.4, -0.2) is 38.3 Å². The second-order valence-corrected chi connectivity index (χ2v) is 8.73. The number of sulfonamides is 1. The van der Waals surface area contributed by atoms with Crippen molar-refractivity contribution < 1.29 is 17.9 Å². The maximum atomic E-state index is 12.5. The van der Waals surface area contributed by atoms with Gasteiger partial charge in [-0.15, -0.1) is 0 Å². The molecule has 2 aromatic carbocycles. The number of hydrogen-bond acceptors (Lipinski definition) is 4. The van der Waals surface area contributed by atoms with Crippen molar-refractivity contribution >= 4 is 21.6 Å². The molecule has 2 aromatic rings. The minimum atomic E-state index is -3.44. The molecular weight excluding hydrogens is 364 g/mol. The Balaban J connectivity index is 1.57. The summed E-state index contributed by atoms with van der Waals surface area (Å²) in [7, 11) is -3.44. The van der Waals surface area contributed by atoms with Gasteiger partial charge in [0.1, 0.15) is 5.75 Å². The molecule has 1 fully saturated rings. The number of hydrogen-bond donors (Lipinski definition) is 1. The van der Waals surface area contributed by atoms with Gasteiger partial charge in [-0.05, 0) is 74.2 Å². The number of aryl methyl sites for hydroxylation is 2. The highest BCUT2D eigenvalue weighted by molar-refractivity contribution is 7.89. The van der Waals surface area contributed by atoms with Crippen molar-refractivity contribution in [3.8, 4) is 5.75 Å². The van der Waals surface area contributed by atoms with E-state index in [4.69, 9.17) is 4.74 Å². The zero-order valence-corrected chi connectivity index (χ0v) is 16.4. The smallest absolute Gasteiger partial charge is 0.262 e. The Bertz CT molecular complexity index is 897. The summed E-state index contributed by atoms with van der Waals surface area (Å²) in [6, 6.07) is 12.0. The van der Waals surface area contributed by atoms with E-state index in [0.717, 1.165) is 29.7 Å². The third kappa shape index (κ3) is 4.87. The van der Waals surface area contributed by atoms with Crippen LogP contribution in [0.2, 0.25) is 0 Å². The molecule has 7 heteroatoms. The molecule has 0 aliphatic carbocycles. The molecule has 0 saturated carbocycles. The van der Waals surface area contributed by atoms with E-state index in [-0.39, 0.29) is 17.4 Å². The van der Waals surface area contributed by atoms with Gasteiger partial charge in [0, 0.05) is 18.8 Å². The first-order chi connectivity index (χ1) is 12.8. The zero-order chi connectivity index (χ0) is 19.4. The average molecular weight is 388 g/mol. The van der Waals surface area contributed by atoms with Crippen LogP contribution >= 0.6 is 0 Å². The Morgan fingerprint density at radius 2 is 1.63 bits per heavy atom. The Kier molecular flexibility index (Phi) is 5.82. The summed E-state index contributed by atoms with van der Waals surface area (Å²) < 4.78 is 32.0. The van der Waals surface area contributed by atoms with Gasteiger partial charge in [0.05, 0.1) is 4.90 Å². The molecule has 0 bridgehead atoms. The molecule has 0 radical (unpaired) electrons. The average Bonchev–Trinajstić information content (AvgIpc) is 3.15. The zero-order valence-electron chi connectivity index (χ0n) is 15.6. The number of carbonyl (C=O) groups excluding carboxylic acids is 1. The Labute approximate surface area is 160 Å². The molecule has 0 unspecified atom stereocenters. The lowest BCUT2D eigenvalue weighted by Crippen LogP contribution is -2.27. The summed E-state index contributed by atoms with van der Waals surface area (Å²) in [6.07, 6.45) is 1.80. The Morgan fingerprint density at radius 3 is 2.22 bits per heavy atom. The SMILES string of the molecule is Cc1cc(C)cc(NC(=O)COc2ccc(S(=O)(=O)N3CCCC3)cc2)c1. The summed E-state index contributed by atoms with van der Waals surface area (Å²) in [5.74, 6) is 0.180. The van der Waals surface area contributed by atoms with Crippen molar-refractivity contribution in [2.24, 2.45) is 0 Å². The molecule has 6 nitrogen and oxygen atoms in total. The van der Waals surface area contributed by atoms with Crippen molar-refractivity contribution in [1.29, 1.82) is 0 Å². The number of ether oxygens (including phenoxy) is 1. The van der Waals surface area contributed by atoms with Gasteiger partial charge >= 0.3 is 0 Å². The molecule has 0 atom stereocenters. The van der Waals surface area contributed by atoms with E-state index in [1.54, 1.807) is 12.1 Å². The Morgan fingerprint density at radius 1 is 1.04 bits per heavy atom. The van der Waals surface area contributed by atoms with Crippen LogP contribution in [0.5, 0.6) is 5.75 Å². The maximum absolute atomic E-state index is 12.5. The standard InChI is InChI=1S/C20H24N2O4S/c1-15-11-16(2)13-17(12-15)21-20(23)14-26-18-5-7-19(8-6-18)27(24,25)22-9-3-4-10-22/h5-8,11-13H,3-4,9-10,14H2,1-2H3,(H,21,23). The minimum Gasteiger partial charge on any atom is -0.484 e. The van der Waals surface area contributed by atoms with E-state index in [2.05, 4.69) is 5.32 Å². The molecule has 0 aromatic heterocycles. The summed E-state index contributed by atoms with van der Waals surface area (Å²) in [6.45, 7) is 4.93. The topological polar surface area (TPSA) is 75.7 Å². The molecule has 144 valence electrons. The molecule has 1 saturated heterocycles. The van der Waals surface area contributed by atoms with Crippen LogP contribution < -0.4 is 10.1 Å². The first kappa shape index (κ1) is 19.4. The van der Waals surface area contributed by atoms with Crippen LogP contribution in [0.4, 0.5) is 5.69 Å². The molecule has 1 N–H and O–H groups in total. The summed E-state index contributed by atoms with van der Waals surface area (Å²) >= 11 is 0. The fourth-order valence-electron chi connectivity index (χ4n) is 3.18. The number of nitrogens with zero attached hydrogens (tertiary/aromatic N) is 1. The Hall–Kier alpha value is -2.38. The van der Waals surface area contributed by atoms with E-state index in [0.29, 0.717) is 18.8 Å². The molecule has 1 amide bonds. The summed E-state index contributed by atoms with van der Waals surface area (Å²) in [4.78, 5) is 12.3. The van der Waals surface area contributed by atoms with Crippen LogP contribution in [0.3, 0.4) is 0 Å². The van der Waals surface area contributed by atoms with Crippen LogP contribution in [0.1, 0.15) is 24.0 Å². The fourth-order valence-corrected chi connectivity index (χ4v) is 4.70. The van der Waals surface area contributed by atoms with Gasteiger partial charge in [0.2, 0.25) is 10.0 Å². The van der Waals surface area contributed by atoms with Gasteiger partial charge in [-0.2, -0.15) is 4.31 Å². The highest BCUT2D eigenvalue weighted by Gasteiger charge is 2.26. The quantitative estimate of drug-likeness (QED) is 0.825. The number of anilines is 1. The van der Waals surface area contributed by atoms with Crippen LogP contribution in [-0.2, 0) is 14.8 Å². The van der Waals surface area contributed by atoms with Crippen molar-refractivity contribution in [2.75, 3.05) is 25.0 Å². The van der Waals surface area contributed by atoms with E-state index in [9.17, 15) is 13.2 Å². The van der Waals surface area contributed by atoms with Crippen LogP contribution in [0.25, 0.3) is 0 Å². The van der Waals surface area contributed by atoms with Crippen LogP contribution in [0, 0.1) is 13.8 Å². The van der Waals surface area contributed by atoms with Gasteiger partial charge < -0.3 is 10.1 Å². The van der Waals surface area contributed by atoms with Gasteiger partial charge in [0.25, 0.3) is 5.91 Å². The molecule has 1 aliphatic heterocycles. The van der Waals surface area contributed by atoms with E-state index < -0.39 is 10.0 Å². The fraction of sp³-hybridized carbons (Fsp3) is 0.350. The molecule has 1 aliphatic rings. The number of amides is 1. The lowest BCUT2D eigenvalue weighted by Gasteiger charge is -2.15. The number of benzene rings is 2. The third-order valence-electron chi connectivity index (χ3n) is 4.40. The molecule has 3 rings (SSSR count). The number of nitrogens with one attached hydrogen (secondary N) is 1. The summed E-state index contributed by atoms with van der Waals surface area (Å²) in [5, 5.41) is 2.80. The van der Waals surface area contributed by atoms with Crippen molar-refractivity contribution in [3.05, 3.63) is 53.6 Å². The second kappa shape index (κ2) is 8.10. The minimum absolute atomic E-state index is 0.148. The summed E-state index contributed by atoms with van der Waals surface area (Å²) in [5.41, 5.74) is 2.87. The third-order valence-corrected chi connectivity index (χ3v) is 6.31. The number of rotatable bonds is 6. The molecule has 0 spiro atoms. The number of carbonyl (C=O) groups is 1. The monoisotopic (exact) mass is 388 g/mol. The highest BCUT2D eigenvalue weighted by atomic mass is 32.2. The van der Waals surface area contributed by atoms with Crippen molar-refractivity contribution in [2.45, 2.75) is 31.6 Å². The predicted octanol–water partition coefficient (Wildman–Crippen LogP) is 3.11. The first-order valence-electron chi connectivity index (χ1n) is 8.96. The van der Waals surface area contributed by atoms with Crippen LogP contribution in [0.15, 0.2) is 47.4 Å². The molecular formula is C20H24N2O4S. The largest absolute Gasteiger partial charge is 0.484 e. The molecule has 27 heavy (non-hydrogen) atoms. The van der Waals surface area contributed by atoms with Crippen molar-refractivity contribution in [3.63, 3.8) is 0 Å².